The van der Waals surface area contributed by atoms with Gasteiger partial charge in [0.15, 0.2) is 11.5 Å². The maximum absolute atomic E-state index is 11.2. The van der Waals surface area contributed by atoms with Crippen LogP contribution in [0.2, 0.25) is 0 Å². The minimum Gasteiger partial charge on any atom is -1.00 e. The Balaban J connectivity index is 0. The first-order valence-corrected chi connectivity index (χ1v) is 6.25. The van der Waals surface area contributed by atoms with Crippen LogP contribution in [0.4, 0.5) is 0 Å². The zero-order valence-electron chi connectivity index (χ0n) is 13.8. The maximum atomic E-state index is 11.2. The second-order valence-electron chi connectivity index (χ2n) is 4.93. The molecule has 0 amide bonds. The van der Waals surface area contributed by atoms with Crippen LogP contribution in [0.1, 0.15) is 0 Å². The van der Waals surface area contributed by atoms with Crippen molar-refractivity contribution in [3.8, 4) is 0 Å². The van der Waals surface area contributed by atoms with Gasteiger partial charge in [-0.3, -0.25) is 0 Å². The summed E-state index contributed by atoms with van der Waals surface area (Å²) >= 11 is 0. The summed E-state index contributed by atoms with van der Waals surface area (Å²) in [5.41, 5.74) is 0. The molecule has 0 atom stereocenters. The Bertz CT molecular complexity index is 393. The van der Waals surface area contributed by atoms with Crippen LogP contribution < -0.4 is 17.0 Å². The van der Waals surface area contributed by atoms with Crippen molar-refractivity contribution in [1.82, 2.24) is 0 Å². The molecule has 0 saturated heterocycles. The van der Waals surface area contributed by atoms with E-state index in [1.165, 1.54) is 40.6 Å². The van der Waals surface area contributed by atoms with Crippen molar-refractivity contribution >= 4 is 11.9 Å². The lowest BCUT2D eigenvalue weighted by Gasteiger charge is -2.30. The molecule has 0 rings (SSSR count). The van der Waals surface area contributed by atoms with E-state index in [0.29, 0.717) is 29.1 Å². The number of likely N-dealkylation sites (N-methyl/N-ethyl adjacent to an activating group) is 1. The monoisotopic (exact) mass is 381 g/mol. The van der Waals surface area contributed by atoms with Crippen molar-refractivity contribution < 1.29 is 50.0 Å². The Kier molecular flexibility index (Phi) is 11.5. The fourth-order valence-corrected chi connectivity index (χ4v) is 1.62. The molecule has 7 nitrogen and oxygen atoms in total. The topological polar surface area (TPSA) is 71.1 Å². The first kappa shape index (κ1) is 22.7. The number of halogens is 1. The first-order valence-electron chi connectivity index (χ1n) is 6.25. The Morgan fingerprint density at radius 1 is 0.773 bits per heavy atom. The van der Waals surface area contributed by atoms with E-state index in [4.69, 9.17) is 9.47 Å². The molecule has 128 valence electrons. The van der Waals surface area contributed by atoms with Gasteiger partial charge in [0.25, 0.3) is 0 Å². The fraction of sp³-hybridized carbons (Fsp3) is 0.571. The molecule has 0 aromatic heterocycles. The molecule has 0 aliphatic rings. The van der Waals surface area contributed by atoms with Gasteiger partial charge in [0.1, 0.15) is 13.1 Å². The summed E-state index contributed by atoms with van der Waals surface area (Å²) in [6, 6.07) is 0. The summed E-state index contributed by atoms with van der Waals surface area (Å²) in [6.45, 7) is 0.848. The van der Waals surface area contributed by atoms with Gasteiger partial charge >= 0.3 is 11.9 Å². The van der Waals surface area contributed by atoms with Crippen LogP contribution in [0.5, 0.6) is 0 Å². The minimum absolute atomic E-state index is 0. The van der Waals surface area contributed by atoms with E-state index in [2.05, 4.69) is 9.47 Å². The van der Waals surface area contributed by atoms with Crippen LogP contribution >= 0.6 is 0 Å². The number of hydrogen-bond acceptors (Lipinski definition) is 6. The number of methoxy groups -OCH3 is 4. The van der Waals surface area contributed by atoms with E-state index in [9.17, 15) is 9.59 Å². The lowest BCUT2D eigenvalue weighted by Crippen LogP contribution is -3.00. The van der Waals surface area contributed by atoms with Gasteiger partial charge in [0.2, 0.25) is 0 Å². The van der Waals surface area contributed by atoms with Gasteiger partial charge in [0.05, 0.1) is 54.7 Å². The average Bonchev–Trinajstić information content (AvgIpc) is 2.44. The standard InChI is InChI=1S/C14H24NO6.BrH/c1-15(2,9-11(18-3)7-13(16)20-5)10-12(19-4)8-14(17)21-6;/h7-8H,9-10H2,1-6H3;1H/q+1;/p-1/b11-7-,12-8-;. The molecule has 0 heterocycles. The summed E-state index contributed by atoms with van der Waals surface area (Å²) in [4.78, 5) is 22.5. The Labute approximate surface area is 141 Å². The highest BCUT2D eigenvalue weighted by Gasteiger charge is 2.22. The van der Waals surface area contributed by atoms with Gasteiger partial charge in [-0.15, -0.1) is 0 Å². The van der Waals surface area contributed by atoms with Gasteiger partial charge in [-0.2, -0.15) is 0 Å². The molecule has 0 spiro atoms. The quantitative estimate of drug-likeness (QED) is 0.200. The highest BCUT2D eigenvalue weighted by molar-refractivity contribution is 5.82. The highest BCUT2D eigenvalue weighted by atomic mass is 79.9. The molecule has 0 aliphatic carbocycles. The van der Waals surface area contributed by atoms with E-state index < -0.39 is 11.9 Å². The summed E-state index contributed by atoms with van der Waals surface area (Å²) in [6.07, 6.45) is 2.58. The molecule has 0 aromatic carbocycles. The molecule has 0 N–H and O–H groups in total. The van der Waals surface area contributed by atoms with Crippen molar-refractivity contribution in [2.75, 3.05) is 55.6 Å². The van der Waals surface area contributed by atoms with E-state index in [0.717, 1.165) is 0 Å². The lowest BCUT2D eigenvalue weighted by atomic mass is 10.3. The molecule has 0 unspecified atom stereocenters. The number of hydrogen-bond donors (Lipinski definition) is 0. The third-order valence-electron chi connectivity index (χ3n) is 2.65. The molecule has 0 saturated carbocycles. The average molecular weight is 382 g/mol. The van der Waals surface area contributed by atoms with Gasteiger partial charge in [-0.25, -0.2) is 9.59 Å². The first-order chi connectivity index (χ1) is 9.77. The molecule has 0 aliphatic heterocycles. The van der Waals surface area contributed by atoms with Gasteiger partial charge in [-0.05, 0) is 0 Å². The third kappa shape index (κ3) is 9.41. The van der Waals surface area contributed by atoms with E-state index in [-0.39, 0.29) is 17.0 Å². The normalized spacial score (nSPS) is 12.1. The van der Waals surface area contributed by atoms with Crippen LogP contribution in [0.3, 0.4) is 0 Å². The number of ether oxygens (including phenoxy) is 4. The molecule has 0 radical (unpaired) electrons. The minimum atomic E-state index is -0.482. The van der Waals surface area contributed by atoms with Crippen molar-refractivity contribution in [2.45, 2.75) is 0 Å². The second-order valence-corrected chi connectivity index (χ2v) is 4.93. The number of quaternary nitrogens is 1. The number of esters is 2. The fourth-order valence-electron chi connectivity index (χ4n) is 1.62. The van der Waals surface area contributed by atoms with Crippen molar-refractivity contribution in [3.63, 3.8) is 0 Å². The molecular formula is C14H24BrNO6. The molecule has 0 fully saturated rings. The van der Waals surface area contributed by atoms with Crippen LogP contribution in [-0.4, -0.2) is 72.0 Å². The van der Waals surface area contributed by atoms with Crippen LogP contribution in [0.25, 0.3) is 0 Å². The van der Waals surface area contributed by atoms with Gasteiger partial charge in [-0.1, -0.05) is 0 Å². The Morgan fingerprint density at radius 2 is 1.09 bits per heavy atom. The van der Waals surface area contributed by atoms with E-state index in [1.54, 1.807) is 0 Å². The van der Waals surface area contributed by atoms with E-state index >= 15 is 0 Å². The van der Waals surface area contributed by atoms with Gasteiger partial charge < -0.3 is 40.4 Å². The molecule has 8 heteroatoms. The number of rotatable bonds is 8. The van der Waals surface area contributed by atoms with Crippen LogP contribution in [0.15, 0.2) is 23.7 Å². The molecular weight excluding hydrogens is 358 g/mol. The number of carbonyl (C=O) groups excluding carboxylic acids is 2. The third-order valence-corrected chi connectivity index (χ3v) is 2.65. The van der Waals surface area contributed by atoms with Crippen LogP contribution in [0, 0.1) is 0 Å². The summed E-state index contributed by atoms with van der Waals surface area (Å²) < 4.78 is 19.9. The summed E-state index contributed by atoms with van der Waals surface area (Å²) in [5, 5.41) is 0. The Hall–Kier alpha value is -1.54. The Morgan fingerprint density at radius 3 is 1.32 bits per heavy atom. The van der Waals surface area contributed by atoms with Crippen molar-refractivity contribution in [1.29, 1.82) is 0 Å². The van der Waals surface area contributed by atoms with Crippen molar-refractivity contribution in [3.05, 3.63) is 23.7 Å². The summed E-state index contributed by atoms with van der Waals surface area (Å²) in [5.74, 6) is -0.0198. The molecule has 0 bridgehead atoms. The zero-order valence-corrected chi connectivity index (χ0v) is 15.4. The summed E-state index contributed by atoms with van der Waals surface area (Å²) in [7, 11) is 9.39. The number of carbonyl (C=O) groups is 2. The predicted molar refractivity (Wildman–Crippen MR) is 76.1 cm³/mol. The smallest absolute Gasteiger partial charge is 0.334 e. The largest absolute Gasteiger partial charge is 1.00 e. The highest BCUT2D eigenvalue weighted by Crippen LogP contribution is 2.11. The maximum Gasteiger partial charge on any atom is 0.334 e. The van der Waals surface area contributed by atoms with Crippen molar-refractivity contribution in [2.24, 2.45) is 0 Å². The predicted octanol–water partition coefficient (Wildman–Crippen LogP) is -2.53. The second kappa shape index (κ2) is 11.1. The van der Waals surface area contributed by atoms with E-state index in [1.807, 2.05) is 14.1 Å². The zero-order chi connectivity index (χ0) is 16.5. The molecule has 22 heavy (non-hydrogen) atoms. The SMILES string of the molecule is COC(=O)/C=C(/C[N+](C)(C)C/C(=C/C(=O)OC)OC)OC.[Br-]. The lowest BCUT2D eigenvalue weighted by molar-refractivity contribution is -0.883. The van der Waals surface area contributed by atoms with Crippen LogP contribution in [-0.2, 0) is 28.5 Å². The van der Waals surface area contributed by atoms with Gasteiger partial charge in [0, 0.05) is 0 Å². The molecule has 0 aromatic rings. The number of nitrogens with zero attached hydrogens (tertiary/aromatic N) is 1.